The van der Waals surface area contributed by atoms with E-state index in [0.29, 0.717) is 6.42 Å². The Morgan fingerprint density at radius 2 is 1.20 bits per heavy atom. The van der Waals surface area contributed by atoms with E-state index in [9.17, 15) is 4.79 Å². The van der Waals surface area contributed by atoms with E-state index in [0.717, 1.165) is 24.6 Å². The fourth-order valence-corrected chi connectivity index (χ4v) is 4.54. The van der Waals surface area contributed by atoms with Gasteiger partial charge in [0.05, 0.1) is 6.42 Å². The number of hydrogen-bond donors (Lipinski definition) is 0. The van der Waals surface area contributed by atoms with Gasteiger partial charge in [-0.2, -0.15) is 0 Å². The van der Waals surface area contributed by atoms with E-state index in [1.54, 1.807) is 0 Å². The highest BCUT2D eigenvalue weighted by atomic mass is 79.9. The van der Waals surface area contributed by atoms with Crippen molar-refractivity contribution in [3.63, 3.8) is 0 Å². The van der Waals surface area contributed by atoms with Gasteiger partial charge in [0.15, 0.2) is 0 Å². The molecule has 0 atom stereocenters. The smallest absolute Gasteiger partial charge is 0.306 e. The molecule has 0 unspecified atom stereocenters. The van der Waals surface area contributed by atoms with Gasteiger partial charge in [-0.25, -0.2) is 0 Å². The van der Waals surface area contributed by atoms with Gasteiger partial charge in [0, 0.05) is 5.33 Å². The highest BCUT2D eigenvalue weighted by molar-refractivity contribution is 9.09. The van der Waals surface area contributed by atoms with Crippen LogP contribution in [0.1, 0.15) is 150 Å². The van der Waals surface area contributed by atoms with Crippen LogP contribution in [-0.4, -0.2) is 17.4 Å². The number of carbonyl (C=O) groups excluding carboxylic acids is 1. The Hall–Kier alpha value is -0.0500. The molecule has 0 aliphatic carbocycles. The van der Waals surface area contributed by atoms with Gasteiger partial charge in [-0.15, -0.1) is 0 Å². The van der Waals surface area contributed by atoms with Crippen molar-refractivity contribution >= 4 is 21.9 Å². The maximum absolute atomic E-state index is 12.7. The first-order chi connectivity index (χ1) is 14.4. The van der Waals surface area contributed by atoms with Crippen molar-refractivity contribution in [1.82, 2.24) is 0 Å². The van der Waals surface area contributed by atoms with Crippen molar-refractivity contribution in [1.29, 1.82) is 0 Å². The van der Waals surface area contributed by atoms with E-state index in [1.165, 1.54) is 96.3 Å². The summed E-state index contributed by atoms with van der Waals surface area (Å²) in [6.07, 6.45) is 23.2. The summed E-state index contributed by atoms with van der Waals surface area (Å²) in [6.45, 7) is 8.97. The van der Waals surface area contributed by atoms with Crippen molar-refractivity contribution in [3.05, 3.63) is 0 Å². The lowest BCUT2D eigenvalue weighted by Gasteiger charge is -2.25. The summed E-state index contributed by atoms with van der Waals surface area (Å²) in [5.41, 5.74) is 0.0499. The predicted octanol–water partition coefficient (Wildman–Crippen LogP) is 9.77. The molecule has 0 spiro atoms. The van der Waals surface area contributed by atoms with Gasteiger partial charge in [0.25, 0.3) is 0 Å². The van der Waals surface area contributed by atoms with E-state index >= 15 is 0 Å². The van der Waals surface area contributed by atoms with Crippen molar-refractivity contribution in [3.8, 4) is 0 Å². The Labute approximate surface area is 197 Å². The fourth-order valence-electron chi connectivity index (χ4n) is 4.15. The lowest BCUT2D eigenvalue weighted by Crippen LogP contribution is -2.24. The molecule has 0 aromatic rings. The first kappa shape index (κ1) is 29.9. The van der Waals surface area contributed by atoms with Crippen molar-refractivity contribution in [2.45, 2.75) is 156 Å². The minimum absolute atomic E-state index is 0.0301. The summed E-state index contributed by atoms with van der Waals surface area (Å²) >= 11 is 3.50. The van der Waals surface area contributed by atoms with Crippen molar-refractivity contribution in [2.24, 2.45) is 5.41 Å². The largest absolute Gasteiger partial charge is 0.462 e. The van der Waals surface area contributed by atoms with Gasteiger partial charge in [-0.05, 0) is 43.9 Å². The first-order valence-corrected chi connectivity index (χ1v) is 14.3. The summed E-state index contributed by atoms with van der Waals surface area (Å²) in [4.78, 5) is 12.7. The second kappa shape index (κ2) is 20.8. The lowest BCUT2D eigenvalue weighted by molar-refractivity contribution is -0.152. The Bertz CT molecular complexity index is 365. The molecule has 0 aromatic carbocycles. The second-order valence-corrected chi connectivity index (χ2v) is 10.9. The zero-order valence-corrected chi connectivity index (χ0v) is 22.5. The SMILES string of the molecule is CCCCCCCCC(CCCCCCCC)OC(=O)CC(C)(C)CCCCCBr. The molecule has 2 nitrogen and oxygen atoms in total. The number of alkyl halides is 1. The Morgan fingerprint density at radius 1 is 0.733 bits per heavy atom. The van der Waals surface area contributed by atoms with Crippen molar-refractivity contribution < 1.29 is 9.53 Å². The molecule has 0 aromatic heterocycles. The van der Waals surface area contributed by atoms with Gasteiger partial charge in [0.2, 0.25) is 0 Å². The third-order valence-electron chi connectivity index (χ3n) is 6.17. The molecule has 180 valence electrons. The Balaban J connectivity index is 4.33. The van der Waals surface area contributed by atoms with Crippen LogP contribution in [0.5, 0.6) is 0 Å². The maximum Gasteiger partial charge on any atom is 0.306 e. The van der Waals surface area contributed by atoms with Crippen LogP contribution in [0.4, 0.5) is 0 Å². The number of hydrogen-bond acceptors (Lipinski definition) is 2. The Kier molecular flexibility index (Phi) is 20.8. The van der Waals surface area contributed by atoms with Crippen LogP contribution in [0.2, 0.25) is 0 Å². The molecule has 0 aliphatic rings. The normalized spacial score (nSPS) is 11.9. The van der Waals surface area contributed by atoms with E-state index < -0.39 is 0 Å². The maximum atomic E-state index is 12.7. The number of carbonyl (C=O) groups is 1. The molecule has 0 saturated heterocycles. The summed E-state index contributed by atoms with van der Waals surface area (Å²) in [5.74, 6) is 0.0301. The quantitative estimate of drug-likeness (QED) is 0.0859. The van der Waals surface area contributed by atoms with Crippen LogP contribution < -0.4 is 0 Å². The summed E-state index contributed by atoms with van der Waals surface area (Å²) in [6, 6.07) is 0. The Morgan fingerprint density at radius 3 is 1.70 bits per heavy atom. The molecule has 30 heavy (non-hydrogen) atoms. The minimum atomic E-state index is 0.0301. The van der Waals surface area contributed by atoms with Crippen LogP contribution in [0.3, 0.4) is 0 Å². The molecule has 0 radical (unpaired) electrons. The van der Waals surface area contributed by atoms with Crippen LogP contribution in [0.15, 0.2) is 0 Å². The fraction of sp³-hybridized carbons (Fsp3) is 0.963. The minimum Gasteiger partial charge on any atom is -0.462 e. The molecule has 0 fully saturated rings. The standard InChI is InChI=1S/C27H53BrO2/c1-5-7-9-11-13-16-20-25(21-17-14-12-10-8-6-2)30-26(29)24-27(3,4)22-18-15-19-23-28/h25H,5-24H2,1-4H3. The highest BCUT2D eigenvalue weighted by Crippen LogP contribution is 2.29. The molecular weight excluding hydrogens is 436 g/mol. The molecule has 0 aliphatic heterocycles. The van der Waals surface area contributed by atoms with Gasteiger partial charge in [-0.1, -0.05) is 121 Å². The average molecular weight is 490 g/mol. The zero-order chi connectivity index (χ0) is 22.5. The van der Waals surface area contributed by atoms with Crippen LogP contribution in [0, 0.1) is 5.41 Å². The van der Waals surface area contributed by atoms with E-state index in [4.69, 9.17) is 4.74 Å². The van der Waals surface area contributed by atoms with Crippen LogP contribution in [0.25, 0.3) is 0 Å². The van der Waals surface area contributed by atoms with E-state index in [-0.39, 0.29) is 17.5 Å². The molecule has 0 bridgehead atoms. The average Bonchev–Trinajstić information content (AvgIpc) is 2.69. The van der Waals surface area contributed by atoms with Gasteiger partial charge in [0.1, 0.15) is 6.10 Å². The molecule has 0 saturated carbocycles. The number of rotatable bonds is 22. The molecule has 3 heteroatoms. The lowest BCUT2D eigenvalue weighted by atomic mass is 9.84. The van der Waals surface area contributed by atoms with Crippen molar-refractivity contribution in [2.75, 3.05) is 5.33 Å². The number of halogens is 1. The third-order valence-corrected chi connectivity index (χ3v) is 6.73. The van der Waals surface area contributed by atoms with E-state index in [2.05, 4.69) is 43.6 Å². The van der Waals surface area contributed by atoms with Gasteiger partial charge >= 0.3 is 5.97 Å². The number of esters is 1. The molecule has 0 amide bonds. The highest BCUT2D eigenvalue weighted by Gasteiger charge is 2.24. The molecule has 0 heterocycles. The zero-order valence-electron chi connectivity index (χ0n) is 20.9. The first-order valence-electron chi connectivity index (χ1n) is 13.2. The molecule has 0 N–H and O–H groups in total. The van der Waals surface area contributed by atoms with Crippen LogP contribution >= 0.6 is 15.9 Å². The van der Waals surface area contributed by atoms with Crippen LogP contribution in [-0.2, 0) is 9.53 Å². The van der Waals surface area contributed by atoms with E-state index in [1.807, 2.05) is 0 Å². The number of unbranched alkanes of at least 4 members (excludes halogenated alkanes) is 12. The summed E-state index contributed by atoms with van der Waals surface area (Å²) < 4.78 is 6.02. The molecule has 0 rings (SSSR count). The topological polar surface area (TPSA) is 26.3 Å². The monoisotopic (exact) mass is 488 g/mol. The predicted molar refractivity (Wildman–Crippen MR) is 137 cm³/mol. The van der Waals surface area contributed by atoms with Gasteiger partial charge < -0.3 is 4.74 Å². The molecular formula is C27H53BrO2. The summed E-state index contributed by atoms with van der Waals surface area (Å²) in [7, 11) is 0. The second-order valence-electron chi connectivity index (χ2n) is 10.1. The van der Waals surface area contributed by atoms with Gasteiger partial charge in [-0.3, -0.25) is 4.79 Å². The summed E-state index contributed by atoms with van der Waals surface area (Å²) in [5, 5.41) is 1.08. The third kappa shape index (κ3) is 19.9. The number of ether oxygens (including phenoxy) is 1.